The maximum absolute atomic E-state index is 4.51. The van der Waals surface area contributed by atoms with E-state index in [0.29, 0.717) is 0 Å². The topological polar surface area (TPSA) is 61.1 Å². The van der Waals surface area contributed by atoms with Crippen LogP contribution in [0, 0.1) is 6.92 Å². The molecule has 5 heteroatoms. The van der Waals surface area contributed by atoms with Gasteiger partial charge in [-0.15, -0.1) is 10.2 Å². The van der Waals surface area contributed by atoms with E-state index in [9.17, 15) is 0 Å². The van der Waals surface area contributed by atoms with Crippen molar-refractivity contribution in [1.82, 2.24) is 10.6 Å². The predicted octanol–water partition coefficient (Wildman–Crippen LogP) is 1.32. The number of nitrogens with one attached hydrogen (secondary N) is 2. The molecule has 0 spiro atoms. The summed E-state index contributed by atoms with van der Waals surface area (Å²) in [6.45, 7) is 3.94. The summed E-state index contributed by atoms with van der Waals surface area (Å²) >= 11 is 0. The number of amidine groups is 1. The Kier molecular flexibility index (Phi) is 2.27. The Morgan fingerprint density at radius 1 is 1.25 bits per heavy atom. The van der Waals surface area contributed by atoms with Crippen molar-refractivity contribution in [3.05, 3.63) is 29.3 Å². The van der Waals surface area contributed by atoms with Crippen LogP contribution in [0.5, 0.6) is 0 Å². The first kappa shape index (κ1) is 9.62. The monoisotopic (exact) mass is 215 g/mol. The summed E-state index contributed by atoms with van der Waals surface area (Å²) in [6, 6.07) is 6.01. The fraction of sp³-hybridized carbons (Fsp3) is 0.364. The van der Waals surface area contributed by atoms with Gasteiger partial charge in [0.25, 0.3) is 0 Å². The van der Waals surface area contributed by atoms with E-state index in [1.54, 1.807) is 0 Å². The lowest BCUT2D eigenvalue weighted by molar-refractivity contribution is 0.580. The molecular weight excluding hydrogens is 202 g/mol. The maximum atomic E-state index is 4.51. The highest BCUT2D eigenvalue weighted by Crippen LogP contribution is 2.29. The van der Waals surface area contributed by atoms with E-state index < -0.39 is 0 Å². The lowest BCUT2D eigenvalue weighted by atomic mass is 10.1. The van der Waals surface area contributed by atoms with Gasteiger partial charge in [0.05, 0.1) is 11.3 Å². The second-order valence-electron chi connectivity index (χ2n) is 3.93. The summed E-state index contributed by atoms with van der Waals surface area (Å²) in [6.07, 6.45) is -0.0282. The van der Waals surface area contributed by atoms with Gasteiger partial charge >= 0.3 is 0 Å². The molecule has 0 unspecified atom stereocenters. The average Bonchev–Trinajstić information content (AvgIpc) is 2.90. The van der Waals surface area contributed by atoms with Gasteiger partial charge in [-0.1, -0.05) is 12.1 Å². The summed E-state index contributed by atoms with van der Waals surface area (Å²) in [4.78, 5) is 4.51. The van der Waals surface area contributed by atoms with E-state index in [1.807, 2.05) is 12.1 Å². The number of hydrogen-bond acceptors (Lipinski definition) is 4. The van der Waals surface area contributed by atoms with Gasteiger partial charge in [-0.25, -0.2) is 4.99 Å². The molecule has 1 aromatic rings. The van der Waals surface area contributed by atoms with Crippen molar-refractivity contribution in [2.75, 3.05) is 13.1 Å². The molecule has 2 N–H and O–H groups in total. The minimum atomic E-state index is -0.0282. The zero-order chi connectivity index (χ0) is 11.0. The molecule has 2 heterocycles. The van der Waals surface area contributed by atoms with Gasteiger partial charge in [-0.2, -0.15) is 0 Å². The second kappa shape index (κ2) is 3.77. The first-order chi connectivity index (χ1) is 7.84. The van der Waals surface area contributed by atoms with E-state index in [0.717, 1.165) is 30.2 Å². The average molecular weight is 215 g/mol. The zero-order valence-electron chi connectivity index (χ0n) is 9.07. The number of aryl methyl sites for hydroxylation is 1. The van der Waals surface area contributed by atoms with Crippen LogP contribution in [-0.2, 0) is 0 Å². The Bertz CT molecular complexity index is 471. The maximum Gasteiger partial charge on any atom is 0.182 e. The number of nitrogens with zero attached hydrogens (tertiary/aromatic N) is 3. The van der Waals surface area contributed by atoms with Crippen molar-refractivity contribution in [3.63, 3.8) is 0 Å². The molecule has 0 amide bonds. The number of rotatable bonds is 1. The molecule has 3 rings (SSSR count). The quantitative estimate of drug-likeness (QED) is 0.742. The SMILES string of the molecule is Cc1cccc2c1C(=NC1NCCN1)N=N2. The van der Waals surface area contributed by atoms with E-state index in [-0.39, 0.29) is 6.29 Å². The Labute approximate surface area is 93.7 Å². The first-order valence-electron chi connectivity index (χ1n) is 5.41. The molecule has 1 fully saturated rings. The lowest BCUT2D eigenvalue weighted by Crippen LogP contribution is -2.29. The molecule has 2 aliphatic heterocycles. The molecule has 0 bridgehead atoms. The molecule has 1 saturated heterocycles. The van der Waals surface area contributed by atoms with Crippen molar-refractivity contribution in [2.24, 2.45) is 15.2 Å². The zero-order valence-corrected chi connectivity index (χ0v) is 9.07. The van der Waals surface area contributed by atoms with E-state index in [4.69, 9.17) is 0 Å². The Morgan fingerprint density at radius 2 is 2.06 bits per heavy atom. The third kappa shape index (κ3) is 1.54. The van der Waals surface area contributed by atoms with Crippen molar-refractivity contribution >= 4 is 11.5 Å². The van der Waals surface area contributed by atoms with Crippen LogP contribution in [0.2, 0.25) is 0 Å². The molecule has 0 radical (unpaired) electrons. The standard InChI is InChI=1S/C11H13N5/c1-7-3-2-4-8-9(7)10(16-15-8)14-11-12-5-6-13-11/h2-4,11-13H,5-6H2,1H3. The summed E-state index contributed by atoms with van der Waals surface area (Å²) in [7, 11) is 0. The van der Waals surface area contributed by atoms with Gasteiger partial charge in [-0.05, 0) is 18.6 Å². The molecule has 0 saturated carbocycles. The number of benzene rings is 1. The lowest BCUT2D eigenvalue weighted by Gasteiger charge is -2.06. The predicted molar refractivity (Wildman–Crippen MR) is 62.0 cm³/mol. The van der Waals surface area contributed by atoms with Gasteiger partial charge in [-0.3, -0.25) is 10.6 Å². The highest BCUT2D eigenvalue weighted by atomic mass is 15.3. The Balaban J connectivity index is 1.98. The number of hydrogen-bond donors (Lipinski definition) is 2. The summed E-state index contributed by atoms with van der Waals surface area (Å²) in [5.74, 6) is 0.722. The van der Waals surface area contributed by atoms with Crippen LogP contribution < -0.4 is 10.6 Å². The highest BCUT2D eigenvalue weighted by Gasteiger charge is 2.20. The van der Waals surface area contributed by atoms with Gasteiger partial charge in [0.15, 0.2) is 12.1 Å². The van der Waals surface area contributed by atoms with Crippen LogP contribution in [0.3, 0.4) is 0 Å². The Hall–Kier alpha value is -1.59. The summed E-state index contributed by atoms with van der Waals surface area (Å²) in [5, 5.41) is 14.7. The minimum absolute atomic E-state index is 0.0282. The molecule has 82 valence electrons. The van der Waals surface area contributed by atoms with E-state index >= 15 is 0 Å². The number of azo groups is 1. The largest absolute Gasteiger partial charge is 0.282 e. The van der Waals surface area contributed by atoms with Crippen molar-refractivity contribution in [3.8, 4) is 0 Å². The minimum Gasteiger partial charge on any atom is -0.282 e. The molecule has 16 heavy (non-hydrogen) atoms. The molecule has 0 aliphatic carbocycles. The molecule has 2 aliphatic rings. The molecule has 1 aromatic carbocycles. The normalized spacial score (nSPS) is 21.9. The fourth-order valence-corrected chi connectivity index (χ4v) is 1.97. The third-order valence-corrected chi connectivity index (χ3v) is 2.78. The van der Waals surface area contributed by atoms with Crippen LogP contribution >= 0.6 is 0 Å². The van der Waals surface area contributed by atoms with Crippen LogP contribution in [0.1, 0.15) is 11.1 Å². The highest BCUT2D eigenvalue weighted by molar-refractivity contribution is 6.06. The van der Waals surface area contributed by atoms with E-state index in [1.165, 1.54) is 5.56 Å². The van der Waals surface area contributed by atoms with Gasteiger partial charge in [0.2, 0.25) is 0 Å². The third-order valence-electron chi connectivity index (χ3n) is 2.78. The van der Waals surface area contributed by atoms with Gasteiger partial charge in [0, 0.05) is 13.1 Å². The molecule has 0 aromatic heterocycles. The molecule has 0 atom stereocenters. The van der Waals surface area contributed by atoms with Crippen LogP contribution in [0.15, 0.2) is 33.4 Å². The number of aliphatic imine (C=N–C) groups is 1. The smallest absolute Gasteiger partial charge is 0.182 e. The summed E-state index contributed by atoms with van der Waals surface area (Å²) in [5.41, 5.74) is 3.13. The van der Waals surface area contributed by atoms with E-state index in [2.05, 4.69) is 38.8 Å². The first-order valence-corrected chi connectivity index (χ1v) is 5.41. The summed E-state index contributed by atoms with van der Waals surface area (Å²) < 4.78 is 0. The van der Waals surface area contributed by atoms with Crippen molar-refractivity contribution < 1.29 is 0 Å². The van der Waals surface area contributed by atoms with Crippen LogP contribution in [0.25, 0.3) is 0 Å². The van der Waals surface area contributed by atoms with Crippen molar-refractivity contribution in [1.29, 1.82) is 0 Å². The van der Waals surface area contributed by atoms with Crippen LogP contribution in [0.4, 0.5) is 5.69 Å². The van der Waals surface area contributed by atoms with Crippen molar-refractivity contribution in [2.45, 2.75) is 13.2 Å². The molecule has 5 nitrogen and oxygen atoms in total. The Morgan fingerprint density at radius 3 is 2.88 bits per heavy atom. The van der Waals surface area contributed by atoms with Gasteiger partial charge < -0.3 is 0 Å². The second-order valence-corrected chi connectivity index (χ2v) is 3.93. The number of fused-ring (bicyclic) bond motifs is 1. The van der Waals surface area contributed by atoms with Crippen LogP contribution in [-0.4, -0.2) is 25.2 Å². The van der Waals surface area contributed by atoms with Gasteiger partial charge in [0.1, 0.15) is 0 Å². The fourth-order valence-electron chi connectivity index (χ4n) is 1.97. The molecular formula is C11H13N5.